The summed E-state index contributed by atoms with van der Waals surface area (Å²) in [5.41, 5.74) is 0.0131. The maximum atomic E-state index is 12.9. The lowest BCUT2D eigenvalue weighted by atomic mass is 9.72. The highest BCUT2D eigenvalue weighted by Crippen LogP contribution is 2.68. The zero-order valence-electron chi connectivity index (χ0n) is 15.0. The van der Waals surface area contributed by atoms with Crippen LogP contribution in [0.4, 0.5) is 0 Å². The standard InChI is InChI=1S/C20H27NO3/c1-18(2)15(19(18,3)4)16(22)21-12-10-20(11-13-21,17(23)24)14-8-6-5-7-9-14/h5-9,15H,10-13H2,1-4H3,(H,23,24). The largest absolute Gasteiger partial charge is 0.481 e. The van der Waals surface area contributed by atoms with Crippen LogP contribution in [0.15, 0.2) is 30.3 Å². The van der Waals surface area contributed by atoms with E-state index in [1.807, 2.05) is 35.2 Å². The molecule has 0 atom stereocenters. The van der Waals surface area contributed by atoms with E-state index in [1.165, 1.54) is 0 Å². The summed E-state index contributed by atoms with van der Waals surface area (Å²) in [6.45, 7) is 9.61. The van der Waals surface area contributed by atoms with E-state index >= 15 is 0 Å². The van der Waals surface area contributed by atoms with Crippen LogP contribution in [0.2, 0.25) is 0 Å². The molecule has 130 valence electrons. The number of aliphatic carboxylic acids is 1. The van der Waals surface area contributed by atoms with Crippen molar-refractivity contribution in [2.45, 2.75) is 46.0 Å². The van der Waals surface area contributed by atoms with Gasteiger partial charge < -0.3 is 10.0 Å². The monoisotopic (exact) mass is 329 g/mol. The average molecular weight is 329 g/mol. The Hall–Kier alpha value is -1.84. The second kappa shape index (κ2) is 5.33. The van der Waals surface area contributed by atoms with Crippen molar-refractivity contribution in [3.63, 3.8) is 0 Å². The lowest BCUT2D eigenvalue weighted by Gasteiger charge is -2.39. The first-order valence-electron chi connectivity index (χ1n) is 8.72. The number of carboxylic acids is 1. The molecule has 1 saturated heterocycles. The number of carboxylic acid groups (broad SMARTS) is 1. The van der Waals surface area contributed by atoms with Crippen molar-refractivity contribution < 1.29 is 14.7 Å². The van der Waals surface area contributed by atoms with Crippen LogP contribution in [-0.2, 0) is 15.0 Å². The van der Waals surface area contributed by atoms with Gasteiger partial charge in [0.2, 0.25) is 5.91 Å². The Bertz CT molecular complexity index is 641. The molecule has 1 aliphatic carbocycles. The summed E-state index contributed by atoms with van der Waals surface area (Å²) < 4.78 is 0. The molecule has 2 fully saturated rings. The third kappa shape index (κ3) is 2.27. The fraction of sp³-hybridized carbons (Fsp3) is 0.600. The van der Waals surface area contributed by atoms with E-state index in [0.717, 1.165) is 5.56 Å². The van der Waals surface area contributed by atoms with Crippen LogP contribution in [0.3, 0.4) is 0 Å². The highest BCUT2D eigenvalue weighted by Gasteiger charge is 2.69. The molecule has 24 heavy (non-hydrogen) atoms. The molecule has 1 aromatic carbocycles. The lowest BCUT2D eigenvalue weighted by molar-refractivity contribution is -0.148. The molecule has 4 heteroatoms. The van der Waals surface area contributed by atoms with Gasteiger partial charge in [-0.25, -0.2) is 0 Å². The van der Waals surface area contributed by atoms with Gasteiger partial charge in [-0.05, 0) is 29.2 Å². The number of rotatable bonds is 3. The number of likely N-dealkylation sites (tertiary alicyclic amines) is 1. The molecule has 1 saturated carbocycles. The second-order valence-corrected chi connectivity index (χ2v) is 8.45. The number of piperidine rings is 1. The number of nitrogens with zero attached hydrogens (tertiary/aromatic N) is 1. The van der Waals surface area contributed by atoms with Crippen LogP contribution in [0.5, 0.6) is 0 Å². The van der Waals surface area contributed by atoms with Gasteiger partial charge in [0.25, 0.3) is 0 Å². The molecule has 2 aliphatic rings. The average Bonchev–Trinajstić information content (AvgIpc) is 2.96. The minimum atomic E-state index is -0.868. The summed E-state index contributed by atoms with van der Waals surface area (Å²) in [4.78, 5) is 26.8. The Morgan fingerprint density at radius 3 is 1.92 bits per heavy atom. The fourth-order valence-electron chi connectivity index (χ4n) is 4.49. The number of carbonyl (C=O) groups is 2. The minimum Gasteiger partial charge on any atom is -0.481 e. The van der Waals surface area contributed by atoms with Crippen molar-refractivity contribution in [3.05, 3.63) is 35.9 Å². The number of hydrogen-bond donors (Lipinski definition) is 1. The van der Waals surface area contributed by atoms with E-state index in [1.54, 1.807) is 0 Å². The molecular formula is C20H27NO3. The molecule has 0 radical (unpaired) electrons. The molecular weight excluding hydrogens is 302 g/mol. The van der Waals surface area contributed by atoms with Crippen LogP contribution in [0.25, 0.3) is 0 Å². The first-order valence-corrected chi connectivity index (χ1v) is 8.72. The molecule has 1 aliphatic heterocycles. The van der Waals surface area contributed by atoms with E-state index in [9.17, 15) is 14.7 Å². The van der Waals surface area contributed by atoms with Gasteiger partial charge in [0, 0.05) is 19.0 Å². The maximum Gasteiger partial charge on any atom is 0.314 e. The van der Waals surface area contributed by atoms with Crippen molar-refractivity contribution >= 4 is 11.9 Å². The Labute approximate surface area is 143 Å². The van der Waals surface area contributed by atoms with E-state index in [-0.39, 0.29) is 22.7 Å². The Balaban J connectivity index is 1.76. The van der Waals surface area contributed by atoms with Gasteiger partial charge in [-0.3, -0.25) is 9.59 Å². The summed E-state index contributed by atoms with van der Waals surface area (Å²) in [7, 11) is 0. The topological polar surface area (TPSA) is 57.6 Å². The van der Waals surface area contributed by atoms with Gasteiger partial charge in [-0.2, -0.15) is 0 Å². The molecule has 0 spiro atoms. The predicted octanol–water partition coefficient (Wildman–Crippen LogP) is 3.31. The van der Waals surface area contributed by atoms with Crippen LogP contribution >= 0.6 is 0 Å². The van der Waals surface area contributed by atoms with Crippen LogP contribution in [-0.4, -0.2) is 35.0 Å². The highest BCUT2D eigenvalue weighted by atomic mass is 16.4. The third-order valence-corrected chi connectivity index (χ3v) is 6.93. The van der Waals surface area contributed by atoms with E-state index in [0.29, 0.717) is 25.9 Å². The minimum absolute atomic E-state index is 0.0187. The normalized spacial score (nSPS) is 24.4. The number of hydrogen-bond acceptors (Lipinski definition) is 2. The summed E-state index contributed by atoms with van der Waals surface area (Å²) in [5.74, 6) is -0.552. The molecule has 1 amide bonds. The zero-order chi connectivity index (χ0) is 17.8. The zero-order valence-corrected chi connectivity index (χ0v) is 15.0. The summed E-state index contributed by atoms with van der Waals surface area (Å²) in [6.07, 6.45) is 0.956. The van der Waals surface area contributed by atoms with Crippen LogP contribution in [0.1, 0.15) is 46.1 Å². The Kier molecular flexibility index (Phi) is 3.78. The lowest BCUT2D eigenvalue weighted by Crippen LogP contribution is -2.49. The quantitative estimate of drug-likeness (QED) is 0.925. The predicted molar refractivity (Wildman–Crippen MR) is 92.6 cm³/mol. The summed E-state index contributed by atoms with van der Waals surface area (Å²) in [6, 6.07) is 9.44. The van der Waals surface area contributed by atoms with Gasteiger partial charge in [-0.1, -0.05) is 58.0 Å². The van der Waals surface area contributed by atoms with Gasteiger partial charge in [0.1, 0.15) is 0 Å². The van der Waals surface area contributed by atoms with E-state index in [4.69, 9.17) is 0 Å². The third-order valence-electron chi connectivity index (χ3n) is 6.93. The van der Waals surface area contributed by atoms with Crippen LogP contribution in [0, 0.1) is 16.7 Å². The van der Waals surface area contributed by atoms with Gasteiger partial charge >= 0.3 is 5.97 Å². The molecule has 3 rings (SSSR count). The maximum absolute atomic E-state index is 12.9. The molecule has 1 heterocycles. The highest BCUT2D eigenvalue weighted by molar-refractivity contribution is 5.86. The first kappa shape index (κ1) is 17.0. The van der Waals surface area contributed by atoms with Crippen LogP contribution < -0.4 is 0 Å². The van der Waals surface area contributed by atoms with E-state index < -0.39 is 11.4 Å². The van der Waals surface area contributed by atoms with Crippen molar-refractivity contribution in [3.8, 4) is 0 Å². The van der Waals surface area contributed by atoms with Crippen molar-refractivity contribution in [1.29, 1.82) is 0 Å². The van der Waals surface area contributed by atoms with Crippen molar-refractivity contribution in [2.75, 3.05) is 13.1 Å². The molecule has 1 aromatic rings. The Morgan fingerprint density at radius 2 is 1.50 bits per heavy atom. The molecule has 0 bridgehead atoms. The molecule has 0 unspecified atom stereocenters. The van der Waals surface area contributed by atoms with Gasteiger partial charge in [-0.15, -0.1) is 0 Å². The summed E-state index contributed by atoms with van der Waals surface area (Å²) in [5, 5.41) is 9.85. The molecule has 1 N–H and O–H groups in total. The second-order valence-electron chi connectivity index (χ2n) is 8.45. The SMILES string of the molecule is CC1(C)C(C(=O)N2CCC(C(=O)O)(c3ccccc3)CC2)C1(C)C. The van der Waals surface area contributed by atoms with Crippen molar-refractivity contribution in [1.82, 2.24) is 4.90 Å². The number of amides is 1. The number of benzene rings is 1. The van der Waals surface area contributed by atoms with Gasteiger partial charge in [0.15, 0.2) is 0 Å². The first-order chi connectivity index (χ1) is 11.1. The molecule has 0 aromatic heterocycles. The summed E-state index contributed by atoms with van der Waals surface area (Å²) >= 11 is 0. The van der Waals surface area contributed by atoms with Gasteiger partial charge in [0.05, 0.1) is 5.41 Å². The van der Waals surface area contributed by atoms with Crippen molar-refractivity contribution in [2.24, 2.45) is 16.7 Å². The number of carbonyl (C=O) groups excluding carboxylic acids is 1. The fourth-order valence-corrected chi connectivity index (χ4v) is 4.49. The van der Waals surface area contributed by atoms with E-state index in [2.05, 4.69) is 27.7 Å². The Morgan fingerprint density at radius 1 is 1.00 bits per heavy atom. The smallest absolute Gasteiger partial charge is 0.314 e. The molecule has 4 nitrogen and oxygen atoms in total.